The Hall–Kier alpha value is -3.74. The molecule has 1 aliphatic carbocycles. The monoisotopic (exact) mass is 641 g/mol. The van der Waals surface area contributed by atoms with Gasteiger partial charge in [-0.15, -0.1) is 11.8 Å². The number of amides is 2. The van der Waals surface area contributed by atoms with E-state index in [1.54, 1.807) is 24.5 Å². The zero-order valence-electron chi connectivity index (χ0n) is 25.1. The van der Waals surface area contributed by atoms with Crippen LogP contribution in [0.4, 0.5) is 8.78 Å². The number of nitrogens with one attached hydrogen (secondary N) is 2. The fraction of sp³-hybridized carbons (Fsp3) is 0.424. The number of rotatable bonds is 12. The van der Waals surface area contributed by atoms with Crippen LogP contribution in [0, 0.1) is 11.6 Å². The molecule has 0 spiro atoms. The highest BCUT2D eigenvalue weighted by atomic mass is 32.2. The number of aromatic nitrogens is 1. The van der Waals surface area contributed by atoms with Gasteiger partial charge in [-0.3, -0.25) is 9.59 Å². The molecule has 1 aromatic heterocycles. The van der Waals surface area contributed by atoms with E-state index < -0.39 is 17.5 Å². The summed E-state index contributed by atoms with van der Waals surface area (Å²) >= 11 is 1.21. The quantitative estimate of drug-likeness (QED) is 0.176. The lowest BCUT2D eigenvalue weighted by atomic mass is 9.90. The summed E-state index contributed by atoms with van der Waals surface area (Å²) in [4.78, 5) is 30.7. The van der Waals surface area contributed by atoms with Crippen molar-refractivity contribution < 1.29 is 37.3 Å². The maximum Gasteiger partial charge on any atom is 0.257 e. The third kappa shape index (κ3) is 9.15. The highest BCUT2D eigenvalue weighted by molar-refractivity contribution is 7.98. The highest BCUT2D eigenvalue weighted by Crippen LogP contribution is 2.30. The first-order valence-corrected chi connectivity index (χ1v) is 16.4. The highest BCUT2D eigenvalue weighted by Gasteiger charge is 2.27. The molecule has 1 saturated carbocycles. The van der Waals surface area contributed by atoms with Crippen molar-refractivity contribution in [3.8, 4) is 17.4 Å². The SMILES string of the molecule is CSc1cc(Oc2ncc(F)cc2C(=O)NC2CCC(NC(=O)c3ccccc3OCCOC3CCCCO3)CC2)ccc1F. The first-order chi connectivity index (χ1) is 21.9. The second kappa shape index (κ2) is 16.0. The van der Waals surface area contributed by atoms with Gasteiger partial charge in [0.15, 0.2) is 6.29 Å². The van der Waals surface area contributed by atoms with E-state index in [1.165, 1.54) is 30.0 Å². The number of nitrogens with zero attached hydrogens (tertiary/aromatic N) is 1. The van der Waals surface area contributed by atoms with Gasteiger partial charge in [0.25, 0.3) is 11.8 Å². The van der Waals surface area contributed by atoms with Gasteiger partial charge in [0.1, 0.15) is 35.3 Å². The van der Waals surface area contributed by atoms with Crippen LogP contribution < -0.4 is 20.1 Å². The average molecular weight is 642 g/mol. The summed E-state index contributed by atoms with van der Waals surface area (Å²) in [6.07, 6.45) is 8.03. The molecular weight excluding hydrogens is 604 g/mol. The predicted molar refractivity (Wildman–Crippen MR) is 165 cm³/mol. The van der Waals surface area contributed by atoms with Gasteiger partial charge in [0.05, 0.1) is 18.4 Å². The molecule has 2 heterocycles. The van der Waals surface area contributed by atoms with E-state index >= 15 is 0 Å². The van der Waals surface area contributed by atoms with Crippen molar-refractivity contribution in [2.24, 2.45) is 0 Å². The standard InChI is InChI=1S/C33H37F2N3O6S/c1-45-29-19-24(13-14-27(29)35)44-33-26(18-21(34)20-36-33)32(40)38-23-11-9-22(10-12-23)37-31(39)25-6-2-3-7-28(25)41-16-17-43-30-8-4-5-15-42-30/h2-3,6-7,13-14,18-20,22-23,30H,4-5,8-12,15-17H2,1H3,(H,37,39)(H,38,40). The van der Waals surface area contributed by atoms with Gasteiger partial charge in [0, 0.05) is 23.6 Å². The van der Waals surface area contributed by atoms with Gasteiger partial charge < -0.3 is 29.6 Å². The van der Waals surface area contributed by atoms with Crippen LogP contribution in [0.25, 0.3) is 0 Å². The minimum Gasteiger partial charge on any atom is -0.490 e. The van der Waals surface area contributed by atoms with Crippen molar-refractivity contribution in [3.05, 3.63) is 77.5 Å². The van der Waals surface area contributed by atoms with Crippen LogP contribution in [-0.4, -0.2) is 61.2 Å². The van der Waals surface area contributed by atoms with E-state index in [2.05, 4.69) is 15.6 Å². The molecule has 0 bridgehead atoms. The van der Waals surface area contributed by atoms with Crippen LogP contribution in [0.1, 0.15) is 65.7 Å². The van der Waals surface area contributed by atoms with E-state index in [0.29, 0.717) is 61.7 Å². The Balaban J connectivity index is 1.11. The first-order valence-electron chi connectivity index (χ1n) is 15.1. The average Bonchev–Trinajstić information content (AvgIpc) is 3.06. The Labute approximate surface area is 265 Å². The molecule has 1 unspecified atom stereocenters. The van der Waals surface area contributed by atoms with Crippen molar-refractivity contribution in [1.29, 1.82) is 0 Å². The molecule has 12 heteroatoms. The lowest BCUT2D eigenvalue weighted by molar-refractivity contribution is -0.165. The van der Waals surface area contributed by atoms with Gasteiger partial charge in [-0.05, 0) is 87.6 Å². The normalized spacial score (nSPS) is 19.8. The van der Waals surface area contributed by atoms with Crippen molar-refractivity contribution >= 4 is 23.6 Å². The number of carbonyl (C=O) groups is 2. The predicted octanol–water partition coefficient (Wildman–Crippen LogP) is 6.27. The Kier molecular flexibility index (Phi) is 11.6. The van der Waals surface area contributed by atoms with Gasteiger partial charge in [-0.2, -0.15) is 0 Å². The van der Waals surface area contributed by atoms with Crippen LogP contribution in [0.3, 0.4) is 0 Å². The maximum atomic E-state index is 14.1. The molecule has 2 N–H and O–H groups in total. The van der Waals surface area contributed by atoms with Gasteiger partial charge in [0.2, 0.25) is 5.88 Å². The van der Waals surface area contributed by atoms with Crippen LogP contribution >= 0.6 is 11.8 Å². The number of thioether (sulfide) groups is 1. The number of pyridine rings is 1. The number of hydrogen-bond donors (Lipinski definition) is 2. The summed E-state index contributed by atoms with van der Waals surface area (Å²) in [6.45, 7) is 1.37. The topological polar surface area (TPSA) is 108 Å². The minimum atomic E-state index is -0.683. The molecule has 1 saturated heterocycles. The van der Waals surface area contributed by atoms with Gasteiger partial charge in [-0.25, -0.2) is 13.8 Å². The Bertz CT molecular complexity index is 1460. The number of halogens is 2. The molecular formula is C33H37F2N3O6S. The van der Waals surface area contributed by atoms with Crippen molar-refractivity contribution in [2.45, 2.75) is 68.2 Å². The molecule has 3 aromatic rings. The lowest BCUT2D eigenvalue weighted by Gasteiger charge is -2.30. The number of hydrogen-bond acceptors (Lipinski definition) is 8. The Morgan fingerprint density at radius 3 is 2.38 bits per heavy atom. The van der Waals surface area contributed by atoms with Crippen molar-refractivity contribution in [1.82, 2.24) is 15.6 Å². The maximum absolute atomic E-state index is 14.1. The van der Waals surface area contributed by atoms with Crippen LogP contribution in [0.2, 0.25) is 0 Å². The molecule has 2 amide bonds. The summed E-state index contributed by atoms with van der Waals surface area (Å²) in [7, 11) is 0. The Morgan fingerprint density at radius 2 is 1.67 bits per heavy atom. The van der Waals surface area contributed by atoms with E-state index in [4.69, 9.17) is 18.9 Å². The lowest BCUT2D eigenvalue weighted by Crippen LogP contribution is -2.44. The number of para-hydroxylation sites is 1. The second-order valence-electron chi connectivity index (χ2n) is 10.9. The summed E-state index contributed by atoms with van der Waals surface area (Å²) in [5, 5.41) is 6.03. The number of benzene rings is 2. The van der Waals surface area contributed by atoms with Crippen LogP contribution in [0.5, 0.6) is 17.4 Å². The van der Waals surface area contributed by atoms with Crippen LogP contribution in [-0.2, 0) is 9.47 Å². The largest absolute Gasteiger partial charge is 0.490 e. The number of ether oxygens (including phenoxy) is 4. The fourth-order valence-corrected chi connectivity index (χ4v) is 5.85. The molecule has 1 atom stereocenters. The van der Waals surface area contributed by atoms with E-state index in [-0.39, 0.29) is 41.5 Å². The molecule has 9 nitrogen and oxygen atoms in total. The third-order valence-electron chi connectivity index (χ3n) is 7.71. The summed E-state index contributed by atoms with van der Waals surface area (Å²) in [5.41, 5.74) is 0.382. The molecule has 2 aliphatic rings. The van der Waals surface area contributed by atoms with E-state index in [0.717, 1.165) is 31.5 Å². The summed E-state index contributed by atoms with van der Waals surface area (Å²) in [5.74, 6) is -1.15. The smallest absolute Gasteiger partial charge is 0.257 e. The van der Waals surface area contributed by atoms with E-state index in [9.17, 15) is 18.4 Å². The van der Waals surface area contributed by atoms with Crippen molar-refractivity contribution in [2.75, 3.05) is 26.1 Å². The molecule has 45 heavy (non-hydrogen) atoms. The van der Waals surface area contributed by atoms with Gasteiger partial charge in [-0.1, -0.05) is 12.1 Å². The van der Waals surface area contributed by atoms with Gasteiger partial charge >= 0.3 is 0 Å². The zero-order valence-corrected chi connectivity index (χ0v) is 25.9. The summed E-state index contributed by atoms with van der Waals surface area (Å²) in [6, 6.07) is 12.1. The first kappa shape index (κ1) is 32.6. The molecule has 2 aromatic carbocycles. The molecule has 0 radical (unpaired) electrons. The summed E-state index contributed by atoms with van der Waals surface area (Å²) < 4.78 is 50.9. The fourth-order valence-electron chi connectivity index (χ4n) is 5.35. The molecule has 2 fully saturated rings. The minimum absolute atomic E-state index is 0.0614. The molecule has 5 rings (SSSR count). The number of carbonyl (C=O) groups excluding carboxylic acids is 2. The Morgan fingerprint density at radius 1 is 0.933 bits per heavy atom. The second-order valence-corrected chi connectivity index (χ2v) is 11.8. The zero-order chi connectivity index (χ0) is 31.6. The molecule has 1 aliphatic heterocycles. The van der Waals surface area contributed by atoms with E-state index in [1.807, 2.05) is 6.07 Å². The van der Waals surface area contributed by atoms with Crippen LogP contribution in [0.15, 0.2) is 59.6 Å². The van der Waals surface area contributed by atoms with Crippen molar-refractivity contribution in [3.63, 3.8) is 0 Å². The third-order valence-corrected chi connectivity index (χ3v) is 8.46. The molecule has 240 valence electrons.